The second-order valence-electron chi connectivity index (χ2n) is 4.89. The molecule has 1 aliphatic heterocycles. The molecule has 1 aliphatic rings. The fraction of sp³-hybridized carbons (Fsp3) is 0.500. The van der Waals surface area contributed by atoms with Gasteiger partial charge in [0.2, 0.25) is 0 Å². The molecule has 24 heavy (non-hydrogen) atoms. The van der Waals surface area contributed by atoms with E-state index in [1.165, 1.54) is 10.9 Å². The summed E-state index contributed by atoms with van der Waals surface area (Å²) < 4.78 is 21.6. The Morgan fingerprint density at radius 2 is 2.08 bits per heavy atom. The van der Waals surface area contributed by atoms with Crippen LogP contribution in [0.15, 0.2) is 17.4 Å². The van der Waals surface area contributed by atoms with E-state index >= 15 is 0 Å². The van der Waals surface area contributed by atoms with E-state index in [9.17, 15) is 19.6 Å². The molecule has 2 aromatic heterocycles. The van der Waals surface area contributed by atoms with Gasteiger partial charge in [-0.1, -0.05) is 0 Å². The molecule has 0 aromatic carbocycles. The molecule has 0 unspecified atom stereocenters. The number of hydrogen-bond acceptors (Lipinski definition) is 8. The molecular weight excluding hydrogens is 358 g/mol. The van der Waals surface area contributed by atoms with E-state index in [1.54, 1.807) is 0 Å². The van der Waals surface area contributed by atoms with Crippen molar-refractivity contribution in [3.8, 4) is 0 Å². The second kappa shape index (κ2) is 7.30. The van der Waals surface area contributed by atoms with Gasteiger partial charge in [-0.2, -0.15) is 0 Å². The number of rotatable bonds is 4. The molecule has 12 nitrogen and oxygen atoms in total. The van der Waals surface area contributed by atoms with Crippen molar-refractivity contribution in [3.05, 3.63) is 23.0 Å². The first-order valence-corrected chi connectivity index (χ1v) is 7.93. The van der Waals surface area contributed by atoms with Crippen LogP contribution in [-0.4, -0.2) is 64.4 Å². The molecule has 1 fully saturated rings. The van der Waals surface area contributed by atoms with Gasteiger partial charge in [-0.15, -0.1) is 0 Å². The number of nitrogens with one attached hydrogen (secondary N) is 1. The fourth-order valence-corrected chi connectivity index (χ4v) is 2.66. The summed E-state index contributed by atoms with van der Waals surface area (Å²) in [5, 5.41) is 20.0. The summed E-state index contributed by atoms with van der Waals surface area (Å²) in [5.74, 6) is 0. The van der Waals surface area contributed by atoms with Crippen LogP contribution in [-0.2, 0) is 13.8 Å². The summed E-state index contributed by atoms with van der Waals surface area (Å²) in [6.07, 6.45) is -2.85. The van der Waals surface area contributed by atoms with E-state index in [2.05, 4.69) is 19.5 Å². The van der Waals surface area contributed by atoms with Gasteiger partial charge in [0.05, 0.1) is 19.3 Å². The summed E-state index contributed by atoms with van der Waals surface area (Å²) in [5.41, 5.74) is -0.336. The van der Waals surface area contributed by atoms with Gasteiger partial charge in [-0.05, 0) is 0 Å². The largest absolute Gasteiger partial charge is 1.00 e. The Balaban J connectivity index is 0.00000156. The predicted molar refractivity (Wildman–Crippen MR) is 73.2 cm³/mol. The minimum Gasteiger partial charge on any atom is -1.00 e. The van der Waals surface area contributed by atoms with Crippen molar-refractivity contribution in [2.24, 2.45) is 0 Å². The maximum Gasteiger partial charge on any atom is 1.00 e. The maximum absolute atomic E-state index is 11.6. The van der Waals surface area contributed by atoms with Gasteiger partial charge in [-0.25, -0.2) is 14.5 Å². The molecule has 128 valence electrons. The standard InChI is InChI=1S/C10H13N4O8P.Na.H/c15-6-4(1-21-23(18,19)20)22-10(7(6)16)14-3-13-5-8(14)11-2-12-9(5)17;;/h2-4,6-7,10,15-16H,1H2,(H,11,12,17)(H2,18,19,20);;/q;+1;-1/t4-,6-,7-,10-;;/m1../s1. The van der Waals surface area contributed by atoms with Crippen molar-refractivity contribution in [3.63, 3.8) is 0 Å². The van der Waals surface area contributed by atoms with Crippen LogP contribution in [0.2, 0.25) is 0 Å². The van der Waals surface area contributed by atoms with Crippen molar-refractivity contribution < 1.29 is 64.8 Å². The molecule has 2 aromatic rings. The molecule has 3 rings (SSSR count). The summed E-state index contributed by atoms with van der Waals surface area (Å²) in [7, 11) is -4.74. The first-order valence-electron chi connectivity index (χ1n) is 6.40. The Morgan fingerprint density at radius 3 is 2.75 bits per heavy atom. The third kappa shape index (κ3) is 3.78. The van der Waals surface area contributed by atoms with E-state index in [0.29, 0.717) is 0 Å². The molecule has 14 heteroatoms. The van der Waals surface area contributed by atoms with E-state index in [0.717, 1.165) is 6.33 Å². The molecule has 0 amide bonds. The molecule has 0 bridgehead atoms. The van der Waals surface area contributed by atoms with Gasteiger partial charge in [-0.3, -0.25) is 13.9 Å². The Kier molecular flexibility index (Phi) is 5.98. The minimum atomic E-state index is -4.74. The fourth-order valence-electron chi connectivity index (χ4n) is 2.32. The van der Waals surface area contributed by atoms with Crippen molar-refractivity contribution in [2.45, 2.75) is 24.5 Å². The van der Waals surface area contributed by atoms with Crippen LogP contribution in [0.1, 0.15) is 7.65 Å². The average Bonchev–Trinajstić information content (AvgIpc) is 3.01. The second-order valence-corrected chi connectivity index (χ2v) is 6.13. The molecule has 0 radical (unpaired) electrons. The van der Waals surface area contributed by atoms with Gasteiger partial charge < -0.3 is 31.1 Å². The van der Waals surface area contributed by atoms with Gasteiger partial charge in [0.25, 0.3) is 5.56 Å². The number of aromatic amines is 1. The SMILES string of the molecule is O=c1[nH]cnc2c1ncn2[C@@H]1O[C@H](COP(=O)(O)O)[C@@H](O)[C@H]1O.[H-].[Na+]. The van der Waals surface area contributed by atoms with Gasteiger partial charge in [0.1, 0.15) is 18.3 Å². The number of ether oxygens (including phenoxy) is 1. The van der Waals surface area contributed by atoms with Crippen LogP contribution in [0.25, 0.3) is 11.2 Å². The number of hydrogen-bond donors (Lipinski definition) is 5. The van der Waals surface area contributed by atoms with Gasteiger partial charge in [0.15, 0.2) is 17.4 Å². The van der Waals surface area contributed by atoms with Crippen LogP contribution in [0.4, 0.5) is 0 Å². The van der Waals surface area contributed by atoms with Crippen LogP contribution < -0.4 is 35.1 Å². The summed E-state index contributed by atoms with van der Waals surface area (Å²) in [6, 6.07) is 0. The van der Waals surface area contributed by atoms with E-state index in [-0.39, 0.29) is 42.1 Å². The smallest absolute Gasteiger partial charge is 1.00 e. The van der Waals surface area contributed by atoms with Crippen LogP contribution in [0.3, 0.4) is 0 Å². The van der Waals surface area contributed by atoms with Crippen LogP contribution in [0, 0.1) is 0 Å². The van der Waals surface area contributed by atoms with E-state index < -0.39 is 44.5 Å². The Hall–Kier alpha value is -0.660. The molecular formula is C10H14N4NaO8P. The first kappa shape index (κ1) is 19.7. The van der Waals surface area contributed by atoms with Gasteiger partial charge >= 0.3 is 37.4 Å². The number of nitrogens with zero attached hydrogens (tertiary/aromatic N) is 3. The third-order valence-corrected chi connectivity index (χ3v) is 3.87. The van der Waals surface area contributed by atoms with E-state index in [1.807, 2.05) is 0 Å². The number of phosphoric acid groups is 1. The third-order valence-electron chi connectivity index (χ3n) is 3.38. The van der Waals surface area contributed by atoms with E-state index in [4.69, 9.17) is 14.5 Å². The van der Waals surface area contributed by atoms with Crippen molar-refractivity contribution >= 4 is 19.0 Å². The minimum absolute atomic E-state index is 0. The summed E-state index contributed by atoms with van der Waals surface area (Å²) in [4.78, 5) is 39.1. The average molecular weight is 372 g/mol. The number of aliphatic hydroxyl groups excluding tert-OH is 2. The predicted octanol–water partition coefficient (Wildman–Crippen LogP) is -5.04. The number of aromatic nitrogens is 4. The zero-order chi connectivity index (χ0) is 16.8. The van der Waals surface area contributed by atoms with Crippen LogP contribution in [0.5, 0.6) is 0 Å². The molecule has 0 aliphatic carbocycles. The molecule has 3 heterocycles. The first-order chi connectivity index (χ1) is 10.8. The van der Waals surface area contributed by atoms with Crippen molar-refractivity contribution in [1.29, 1.82) is 0 Å². The quantitative estimate of drug-likeness (QED) is 0.257. The maximum atomic E-state index is 11.6. The zero-order valence-electron chi connectivity index (χ0n) is 13.4. The number of H-pyrrole nitrogens is 1. The van der Waals surface area contributed by atoms with Crippen molar-refractivity contribution in [2.75, 3.05) is 6.61 Å². The number of imidazole rings is 1. The van der Waals surface area contributed by atoms with Gasteiger partial charge in [0, 0.05) is 0 Å². The number of aliphatic hydroxyl groups is 2. The molecule has 0 spiro atoms. The normalized spacial score (nSPS) is 27.3. The Bertz CT molecular complexity index is 827. The Labute approximate surface area is 157 Å². The number of phosphoric ester groups is 1. The molecule has 5 N–H and O–H groups in total. The monoisotopic (exact) mass is 372 g/mol. The Morgan fingerprint density at radius 1 is 1.38 bits per heavy atom. The number of fused-ring (bicyclic) bond motifs is 1. The van der Waals surface area contributed by atoms with Crippen molar-refractivity contribution in [1.82, 2.24) is 19.5 Å². The molecule has 0 saturated carbocycles. The molecule has 1 saturated heterocycles. The molecule has 4 atom stereocenters. The zero-order valence-corrected chi connectivity index (χ0v) is 15.3. The summed E-state index contributed by atoms with van der Waals surface area (Å²) in [6.45, 7) is -0.625. The topological polar surface area (TPSA) is 180 Å². The van der Waals surface area contributed by atoms with Crippen LogP contribution >= 0.6 is 7.82 Å². The summed E-state index contributed by atoms with van der Waals surface area (Å²) >= 11 is 0.